The van der Waals surface area contributed by atoms with Crippen LogP contribution in [0.4, 0.5) is 5.69 Å². The van der Waals surface area contributed by atoms with Crippen molar-refractivity contribution < 1.29 is 14.6 Å². The molecular formula is C32H39NO3. The zero-order valence-corrected chi connectivity index (χ0v) is 21.9. The summed E-state index contributed by atoms with van der Waals surface area (Å²) >= 11 is 0. The molecule has 0 aliphatic heterocycles. The van der Waals surface area contributed by atoms with Crippen LogP contribution in [-0.4, -0.2) is 17.1 Å². The molecule has 1 aliphatic carbocycles. The van der Waals surface area contributed by atoms with E-state index in [0.717, 1.165) is 46.5 Å². The average Bonchev–Trinajstić information content (AvgIpc) is 2.95. The van der Waals surface area contributed by atoms with Gasteiger partial charge in [0.15, 0.2) is 0 Å². The molecule has 0 aromatic heterocycles. The molecule has 0 fully saturated rings. The minimum absolute atomic E-state index is 0.462. The van der Waals surface area contributed by atoms with E-state index in [1.807, 2.05) is 113 Å². The number of allylic oxidation sites excluding steroid dienone is 3. The van der Waals surface area contributed by atoms with Crippen molar-refractivity contribution in [2.75, 3.05) is 5.32 Å². The molecule has 0 amide bonds. The van der Waals surface area contributed by atoms with E-state index in [1.54, 1.807) is 0 Å². The van der Waals surface area contributed by atoms with Gasteiger partial charge in [-0.2, -0.15) is 0 Å². The number of aliphatic carboxylic acids is 1. The monoisotopic (exact) mass is 485 g/mol. The van der Waals surface area contributed by atoms with Gasteiger partial charge in [0.1, 0.15) is 18.4 Å². The number of ether oxygens (including phenoxy) is 1. The van der Waals surface area contributed by atoms with Crippen LogP contribution in [0, 0.1) is 0 Å². The predicted molar refractivity (Wildman–Crippen MR) is 151 cm³/mol. The van der Waals surface area contributed by atoms with Crippen molar-refractivity contribution in [3.05, 3.63) is 108 Å². The van der Waals surface area contributed by atoms with Crippen molar-refractivity contribution in [2.24, 2.45) is 0 Å². The second kappa shape index (κ2) is 16.0. The molecule has 0 radical (unpaired) electrons. The maximum atomic E-state index is 11.8. The minimum Gasteiger partial charge on any atom is -0.489 e. The van der Waals surface area contributed by atoms with E-state index in [1.165, 1.54) is 0 Å². The number of anilines is 1. The Hall–Kier alpha value is -3.79. The third-order valence-corrected chi connectivity index (χ3v) is 5.45. The standard InChI is InChI=1S/C28H27NO3.2C2H6/c30-28(31)27(18-21-8-3-1-4-9-21)29-25-13-7-12-24(19-25)23-14-16-26(17-15-23)32-20-22-10-5-2-6-11-22;2*1-2/h2-3,5-17,19,27,29H,1,4,18,20H2,(H,30,31);2*1-2H3. The van der Waals surface area contributed by atoms with Gasteiger partial charge in [0.25, 0.3) is 0 Å². The Bertz CT molecular complexity index is 1100. The lowest BCUT2D eigenvalue weighted by molar-refractivity contribution is -0.137. The van der Waals surface area contributed by atoms with E-state index < -0.39 is 12.0 Å². The summed E-state index contributed by atoms with van der Waals surface area (Å²) in [7, 11) is 0. The highest BCUT2D eigenvalue weighted by molar-refractivity contribution is 5.79. The first-order chi connectivity index (χ1) is 17.7. The number of carboxylic acids is 1. The largest absolute Gasteiger partial charge is 0.489 e. The Morgan fingerprint density at radius 2 is 1.61 bits per heavy atom. The van der Waals surface area contributed by atoms with E-state index in [4.69, 9.17) is 4.74 Å². The van der Waals surface area contributed by atoms with Crippen LogP contribution in [0.2, 0.25) is 0 Å². The number of hydrogen-bond donors (Lipinski definition) is 2. The smallest absolute Gasteiger partial charge is 0.326 e. The minimum atomic E-state index is -0.852. The molecule has 1 aliphatic rings. The summed E-state index contributed by atoms with van der Waals surface area (Å²) in [6.45, 7) is 8.53. The highest BCUT2D eigenvalue weighted by Gasteiger charge is 2.19. The second-order valence-electron chi connectivity index (χ2n) is 7.88. The maximum Gasteiger partial charge on any atom is 0.326 e. The number of rotatable bonds is 9. The summed E-state index contributed by atoms with van der Waals surface area (Å²) in [6.07, 6.45) is 8.70. The van der Waals surface area contributed by atoms with E-state index in [2.05, 4.69) is 17.5 Å². The van der Waals surface area contributed by atoms with Gasteiger partial charge >= 0.3 is 5.97 Å². The molecule has 1 atom stereocenters. The lowest BCUT2D eigenvalue weighted by Crippen LogP contribution is -2.29. The molecule has 3 aromatic rings. The number of hydrogen-bond acceptors (Lipinski definition) is 3. The van der Waals surface area contributed by atoms with Crippen LogP contribution < -0.4 is 10.1 Å². The number of carboxylic acid groups (broad SMARTS) is 1. The second-order valence-corrected chi connectivity index (χ2v) is 7.88. The topological polar surface area (TPSA) is 58.6 Å². The SMILES string of the molecule is CC.CC.O=C(O)C(CC1=CCCC=C1)Nc1cccc(-c2ccc(OCc3ccccc3)cc2)c1. The van der Waals surface area contributed by atoms with Crippen molar-refractivity contribution >= 4 is 11.7 Å². The highest BCUT2D eigenvalue weighted by Crippen LogP contribution is 2.26. The molecule has 2 N–H and O–H groups in total. The van der Waals surface area contributed by atoms with Crippen molar-refractivity contribution in [3.8, 4) is 16.9 Å². The molecule has 0 bridgehead atoms. The molecule has 190 valence electrons. The summed E-state index contributed by atoms with van der Waals surface area (Å²) in [5, 5.41) is 12.9. The van der Waals surface area contributed by atoms with Crippen LogP contribution in [-0.2, 0) is 11.4 Å². The fourth-order valence-corrected chi connectivity index (χ4v) is 3.73. The molecule has 36 heavy (non-hydrogen) atoms. The first-order valence-corrected chi connectivity index (χ1v) is 12.9. The van der Waals surface area contributed by atoms with Crippen molar-refractivity contribution in [2.45, 2.75) is 59.6 Å². The number of benzene rings is 3. The average molecular weight is 486 g/mol. The molecule has 0 heterocycles. The lowest BCUT2D eigenvalue weighted by atomic mass is 9.99. The predicted octanol–water partition coefficient (Wildman–Crippen LogP) is 8.52. The normalized spacial score (nSPS) is 12.6. The molecule has 4 nitrogen and oxygen atoms in total. The van der Waals surface area contributed by atoms with Gasteiger partial charge in [0.05, 0.1) is 0 Å². The van der Waals surface area contributed by atoms with Crippen molar-refractivity contribution in [1.29, 1.82) is 0 Å². The van der Waals surface area contributed by atoms with Gasteiger partial charge in [-0.1, -0.05) is 101 Å². The molecule has 4 heteroatoms. The van der Waals surface area contributed by atoms with E-state index >= 15 is 0 Å². The van der Waals surface area contributed by atoms with Crippen molar-refractivity contribution in [1.82, 2.24) is 0 Å². The van der Waals surface area contributed by atoms with Gasteiger partial charge < -0.3 is 15.2 Å². The number of carbonyl (C=O) groups is 1. The molecule has 0 saturated heterocycles. The summed E-state index contributed by atoms with van der Waals surface area (Å²) in [6, 6.07) is 25.2. The highest BCUT2D eigenvalue weighted by atomic mass is 16.5. The van der Waals surface area contributed by atoms with E-state index in [0.29, 0.717) is 13.0 Å². The van der Waals surface area contributed by atoms with Gasteiger partial charge in [-0.05, 0) is 59.4 Å². The molecule has 3 aromatic carbocycles. The quantitative estimate of drug-likeness (QED) is 0.319. The third kappa shape index (κ3) is 9.10. The Kier molecular flexibility index (Phi) is 12.6. The van der Waals surface area contributed by atoms with Crippen molar-refractivity contribution in [3.63, 3.8) is 0 Å². The Balaban J connectivity index is 0.00000109. The van der Waals surface area contributed by atoms with Gasteiger partial charge in [-0.15, -0.1) is 0 Å². The maximum absolute atomic E-state index is 11.8. The van der Waals surface area contributed by atoms with Crippen LogP contribution in [0.15, 0.2) is 103 Å². The molecule has 4 rings (SSSR count). The fourth-order valence-electron chi connectivity index (χ4n) is 3.73. The van der Waals surface area contributed by atoms with Crippen LogP contribution >= 0.6 is 0 Å². The zero-order valence-electron chi connectivity index (χ0n) is 21.9. The molecule has 1 unspecified atom stereocenters. The summed E-state index contributed by atoms with van der Waals surface area (Å²) in [5.41, 5.74) is 5.05. The summed E-state index contributed by atoms with van der Waals surface area (Å²) in [5.74, 6) is -0.0400. The third-order valence-electron chi connectivity index (χ3n) is 5.45. The summed E-state index contributed by atoms with van der Waals surface area (Å²) < 4.78 is 5.87. The van der Waals surface area contributed by atoms with Gasteiger partial charge in [-0.25, -0.2) is 4.79 Å². The Morgan fingerprint density at radius 1 is 0.889 bits per heavy atom. The summed E-state index contributed by atoms with van der Waals surface area (Å²) in [4.78, 5) is 11.8. The Morgan fingerprint density at radius 3 is 2.25 bits per heavy atom. The molecular weight excluding hydrogens is 446 g/mol. The van der Waals surface area contributed by atoms with Crippen LogP contribution in [0.5, 0.6) is 5.75 Å². The first kappa shape index (κ1) is 28.4. The van der Waals surface area contributed by atoms with Gasteiger partial charge in [0, 0.05) is 12.1 Å². The van der Waals surface area contributed by atoms with E-state index in [-0.39, 0.29) is 0 Å². The zero-order chi connectivity index (χ0) is 26.2. The Labute approximate surface area is 216 Å². The van der Waals surface area contributed by atoms with Gasteiger partial charge in [-0.3, -0.25) is 0 Å². The van der Waals surface area contributed by atoms with Gasteiger partial charge in [0.2, 0.25) is 0 Å². The number of nitrogens with one attached hydrogen (secondary N) is 1. The fraction of sp³-hybridized carbons (Fsp3) is 0.281. The van der Waals surface area contributed by atoms with Crippen LogP contribution in [0.25, 0.3) is 11.1 Å². The first-order valence-electron chi connectivity index (χ1n) is 12.9. The van der Waals surface area contributed by atoms with E-state index in [9.17, 15) is 9.90 Å². The van der Waals surface area contributed by atoms with Crippen LogP contribution in [0.1, 0.15) is 52.5 Å². The molecule has 0 spiro atoms. The molecule has 0 saturated carbocycles. The lowest BCUT2D eigenvalue weighted by Gasteiger charge is -2.18. The van der Waals surface area contributed by atoms with Crippen LogP contribution in [0.3, 0.4) is 0 Å².